The lowest BCUT2D eigenvalue weighted by atomic mass is 10.0. The van der Waals surface area contributed by atoms with Crippen LogP contribution in [-0.4, -0.2) is 57.5 Å². The quantitative estimate of drug-likeness (QED) is 0.386. The van der Waals surface area contributed by atoms with Crippen LogP contribution in [0.4, 0.5) is 13.2 Å². The summed E-state index contributed by atoms with van der Waals surface area (Å²) in [4.78, 5) is 18.2. The average Bonchev–Trinajstić information content (AvgIpc) is 3.60. The summed E-state index contributed by atoms with van der Waals surface area (Å²) < 4.78 is 90.5. The highest BCUT2D eigenvalue weighted by molar-refractivity contribution is 7.91. The first-order chi connectivity index (χ1) is 18.7. The minimum atomic E-state index is -4.74. The van der Waals surface area contributed by atoms with E-state index in [4.69, 9.17) is 0 Å². The van der Waals surface area contributed by atoms with Crippen molar-refractivity contribution in [2.45, 2.75) is 62.2 Å². The standard InChI is InChI=1S/C26H28F3N3O5S3/c1-15(26(27,28)29)32-40(36,37)22-9-8-20(18-4-2-3-5-19(18)22)23-21(14-16-6-7-16)31-25(38-23)24(33)30-17-10-12-39(34,35)13-11-17/h2-5,8-9,15-17,32H,6-7,10-14H2,1H3,(H,30,33)/t15-/m0/s1. The Labute approximate surface area is 234 Å². The third-order valence-electron chi connectivity index (χ3n) is 7.20. The molecular formula is C26H28F3N3O5S3. The highest BCUT2D eigenvalue weighted by Gasteiger charge is 2.39. The first-order valence-corrected chi connectivity index (χ1v) is 17.0. The molecule has 0 spiro atoms. The summed E-state index contributed by atoms with van der Waals surface area (Å²) in [5, 5.41) is 3.88. The van der Waals surface area contributed by atoms with Gasteiger partial charge in [0, 0.05) is 17.0 Å². The maximum atomic E-state index is 13.1. The number of fused-ring (bicyclic) bond motifs is 1. The van der Waals surface area contributed by atoms with Crippen molar-refractivity contribution in [1.29, 1.82) is 0 Å². The molecule has 0 unspecified atom stereocenters. The Bertz CT molecular complexity index is 1650. The van der Waals surface area contributed by atoms with Crippen molar-refractivity contribution < 1.29 is 34.8 Å². The van der Waals surface area contributed by atoms with Gasteiger partial charge in [0.15, 0.2) is 5.01 Å². The number of rotatable bonds is 8. The number of thiazole rings is 1. The molecule has 5 rings (SSSR count). The van der Waals surface area contributed by atoms with E-state index in [0.29, 0.717) is 46.7 Å². The van der Waals surface area contributed by atoms with Gasteiger partial charge in [0.1, 0.15) is 15.9 Å². The van der Waals surface area contributed by atoms with Crippen molar-refractivity contribution in [1.82, 2.24) is 15.0 Å². The van der Waals surface area contributed by atoms with Crippen LogP contribution in [0.2, 0.25) is 0 Å². The minimum absolute atomic E-state index is 0.0197. The van der Waals surface area contributed by atoms with Gasteiger partial charge in [-0.1, -0.05) is 30.3 Å². The number of sulfone groups is 1. The highest BCUT2D eigenvalue weighted by Crippen LogP contribution is 2.41. The molecule has 0 bridgehead atoms. The van der Waals surface area contributed by atoms with Crippen molar-refractivity contribution in [2.24, 2.45) is 5.92 Å². The number of carbonyl (C=O) groups is 1. The predicted octanol–water partition coefficient (Wildman–Crippen LogP) is 4.45. The highest BCUT2D eigenvalue weighted by atomic mass is 32.2. The van der Waals surface area contributed by atoms with E-state index in [0.717, 1.165) is 19.8 Å². The van der Waals surface area contributed by atoms with E-state index in [1.54, 1.807) is 29.0 Å². The lowest BCUT2D eigenvalue weighted by Crippen LogP contribution is -2.43. The van der Waals surface area contributed by atoms with E-state index in [9.17, 15) is 34.8 Å². The number of carbonyl (C=O) groups excluding carboxylic acids is 1. The van der Waals surface area contributed by atoms with Crippen LogP contribution in [0.1, 0.15) is 48.1 Å². The first kappa shape index (κ1) is 29.0. The Hall–Kier alpha value is -2.55. The van der Waals surface area contributed by atoms with Gasteiger partial charge in [-0.05, 0) is 56.4 Å². The van der Waals surface area contributed by atoms with Crippen LogP contribution in [0.15, 0.2) is 41.3 Å². The fourth-order valence-corrected chi connectivity index (χ4v) is 8.71. The van der Waals surface area contributed by atoms with Gasteiger partial charge >= 0.3 is 6.18 Å². The molecule has 2 N–H and O–H groups in total. The number of nitrogens with zero attached hydrogens (tertiary/aromatic N) is 1. The van der Waals surface area contributed by atoms with E-state index in [2.05, 4.69) is 10.3 Å². The summed E-state index contributed by atoms with van der Waals surface area (Å²) in [6.45, 7) is 0.744. The molecule has 2 aromatic carbocycles. The van der Waals surface area contributed by atoms with E-state index in [1.807, 2.05) is 0 Å². The molecule has 1 atom stereocenters. The van der Waals surface area contributed by atoms with Gasteiger partial charge in [0.2, 0.25) is 10.0 Å². The summed E-state index contributed by atoms with van der Waals surface area (Å²) in [7, 11) is -7.59. The van der Waals surface area contributed by atoms with Crippen LogP contribution in [0.3, 0.4) is 0 Å². The Kier molecular flexibility index (Phi) is 7.74. The van der Waals surface area contributed by atoms with E-state index >= 15 is 0 Å². The molecule has 1 amide bonds. The van der Waals surface area contributed by atoms with Crippen LogP contribution < -0.4 is 10.0 Å². The van der Waals surface area contributed by atoms with Crippen LogP contribution in [-0.2, 0) is 26.3 Å². The monoisotopic (exact) mass is 615 g/mol. The van der Waals surface area contributed by atoms with Gasteiger partial charge in [-0.25, -0.2) is 21.8 Å². The number of aromatic nitrogens is 1. The second-order valence-corrected chi connectivity index (χ2v) is 15.4. The van der Waals surface area contributed by atoms with Crippen molar-refractivity contribution in [3.05, 3.63) is 47.1 Å². The number of halogens is 3. The van der Waals surface area contributed by atoms with Gasteiger partial charge in [-0.2, -0.15) is 17.9 Å². The maximum absolute atomic E-state index is 13.1. The Morgan fingerprint density at radius 2 is 1.73 bits per heavy atom. The Morgan fingerprint density at radius 1 is 1.07 bits per heavy atom. The van der Waals surface area contributed by atoms with Crippen molar-refractivity contribution in [3.63, 3.8) is 0 Å². The normalized spacial score (nSPS) is 19.0. The summed E-state index contributed by atoms with van der Waals surface area (Å²) >= 11 is 1.17. The summed E-state index contributed by atoms with van der Waals surface area (Å²) in [5.74, 6) is 0.0725. The van der Waals surface area contributed by atoms with E-state index in [1.165, 1.54) is 23.5 Å². The second-order valence-electron chi connectivity index (χ2n) is 10.4. The molecule has 1 aliphatic carbocycles. The minimum Gasteiger partial charge on any atom is -0.347 e. The molecule has 40 heavy (non-hydrogen) atoms. The molecule has 1 saturated carbocycles. The smallest absolute Gasteiger partial charge is 0.347 e. The number of amides is 1. The molecule has 1 saturated heterocycles. The average molecular weight is 616 g/mol. The number of benzene rings is 2. The zero-order valence-corrected chi connectivity index (χ0v) is 23.9. The Balaban J connectivity index is 1.51. The van der Waals surface area contributed by atoms with Gasteiger partial charge in [0.05, 0.1) is 27.0 Å². The molecule has 3 aromatic rings. The van der Waals surface area contributed by atoms with Crippen LogP contribution >= 0.6 is 11.3 Å². The number of hydrogen-bond acceptors (Lipinski definition) is 7. The summed E-state index contributed by atoms with van der Waals surface area (Å²) in [6.07, 6.45) is -1.36. The third-order valence-corrected chi connectivity index (χ3v) is 11.6. The molecule has 14 heteroatoms. The molecule has 2 fully saturated rings. The van der Waals surface area contributed by atoms with Gasteiger partial charge in [0.25, 0.3) is 5.91 Å². The molecule has 2 aliphatic rings. The lowest BCUT2D eigenvalue weighted by Gasteiger charge is -2.22. The zero-order chi connectivity index (χ0) is 28.9. The van der Waals surface area contributed by atoms with Crippen molar-refractivity contribution >= 4 is 47.9 Å². The number of sulfonamides is 1. The molecule has 8 nitrogen and oxygen atoms in total. The molecule has 0 radical (unpaired) electrons. The molecular weight excluding hydrogens is 587 g/mol. The number of hydrogen-bond donors (Lipinski definition) is 2. The van der Waals surface area contributed by atoms with Crippen LogP contribution in [0, 0.1) is 5.92 Å². The van der Waals surface area contributed by atoms with E-state index < -0.39 is 38.0 Å². The summed E-state index contributed by atoms with van der Waals surface area (Å²) in [5.41, 5.74) is 1.34. The van der Waals surface area contributed by atoms with Gasteiger partial charge in [-0.3, -0.25) is 4.79 Å². The van der Waals surface area contributed by atoms with Crippen molar-refractivity contribution in [2.75, 3.05) is 11.5 Å². The topological polar surface area (TPSA) is 122 Å². The SMILES string of the molecule is C[C@H](NS(=O)(=O)c1ccc(-c2sc(C(=O)NC3CCS(=O)(=O)CC3)nc2CC2CC2)c2ccccc12)C(F)(F)F. The zero-order valence-electron chi connectivity index (χ0n) is 21.5. The lowest BCUT2D eigenvalue weighted by molar-refractivity contribution is -0.147. The summed E-state index contributed by atoms with van der Waals surface area (Å²) in [6, 6.07) is 6.84. The molecule has 2 heterocycles. The van der Waals surface area contributed by atoms with Crippen LogP contribution in [0.5, 0.6) is 0 Å². The third kappa shape index (κ3) is 6.34. The fourth-order valence-electron chi connectivity index (χ4n) is 4.74. The van der Waals surface area contributed by atoms with Gasteiger partial charge in [-0.15, -0.1) is 11.3 Å². The Morgan fingerprint density at radius 3 is 2.35 bits per heavy atom. The van der Waals surface area contributed by atoms with E-state index in [-0.39, 0.29) is 32.8 Å². The molecule has 1 aliphatic heterocycles. The van der Waals surface area contributed by atoms with Gasteiger partial charge < -0.3 is 5.32 Å². The second kappa shape index (κ2) is 10.7. The molecule has 216 valence electrons. The number of alkyl halides is 3. The largest absolute Gasteiger partial charge is 0.404 e. The fraction of sp³-hybridized carbons (Fsp3) is 0.462. The van der Waals surface area contributed by atoms with Crippen molar-refractivity contribution in [3.8, 4) is 10.4 Å². The predicted molar refractivity (Wildman–Crippen MR) is 146 cm³/mol. The van der Waals surface area contributed by atoms with Crippen LogP contribution in [0.25, 0.3) is 21.2 Å². The first-order valence-electron chi connectivity index (χ1n) is 12.9. The maximum Gasteiger partial charge on any atom is 0.404 e. The molecule has 1 aromatic heterocycles. The number of nitrogens with one attached hydrogen (secondary N) is 2.